The maximum atomic E-state index is 12.7. The number of nitrogens with zero attached hydrogens (tertiary/aromatic N) is 3. The third-order valence-corrected chi connectivity index (χ3v) is 8.43. The predicted octanol–water partition coefficient (Wildman–Crippen LogP) is 5.17. The van der Waals surface area contributed by atoms with Crippen LogP contribution in [0.1, 0.15) is 15.9 Å². The van der Waals surface area contributed by atoms with E-state index in [9.17, 15) is 13.2 Å². The van der Waals surface area contributed by atoms with E-state index in [1.165, 1.54) is 36.5 Å². The van der Waals surface area contributed by atoms with Crippen LogP contribution in [0.5, 0.6) is 5.75 Å². The minimum Gasteiger partial charge on any atom is -0.497 e. The fourth-order valence-electron chi connectivity index (χ4n) is 3.70. The number of rotatable bonds is 9. The second-order valence-electron chi connectivity index (χ2n) is 8.26. The quantitative estimate of drug-likeness (QED) is 0.192. The Morgan fingerprint density at radius 3 is 2.38 bits per heavy atom. The Bertz CT molecular complexity index is 1700. The molecule has 2 N–H and O–H groups in total. The first-order valence-electron chi connectivity index (χ1n) is 11.7. The lowest BCUT2D eigenvalue weighted by molar-refractivity contribution is 0.0955. The fourth-order valence-corrected chi connectivity index (χ4v) is 5.76. The number of thiophene rings is 1. The van der Waals surface area contributed by atoms with Gasteiger partial charge >= 0.3 is 0 Å². The van der Waals surface area contributed by atoms with E-state index in [0.717, 1.165) is 28.3 Å². The lowest BCUT2D eigenvalue weighted by Gasteiger charge is -2.07. The lowest BCUT2D eigenvalue weighted by Crippen LogP contribution is -2.17. The molecule has 0 bridgehead atoms. The molecule has 5 rings (SSSR count). The van der Waals surface area contributed by atoms with Crippen molar-refractivity contribution in [2.75, 3.05) is 11.8 Å². The van der Waals surface area contributed by atoms with E-state index in [2.05, 4.69) is 15.2 Å². The molecule has 9 nitrogen and oxygen atoms in total. The minimum atomic E-state index is -3.67. The summed E-state index contributed by atoms with van der Waals surface area (Å²) in [6.07, 6.45) is 3.37. The molecule has 0 aliphatic heterocycles. The van der Waals surface area contributed by atoms with Crippen LogP contribution < -0.4 is 14.9 Å². The summed E-state index contributed by atoms with van der Waals surface area (Å²) in [5, 5.41) is 10.6. The van der Waals surface area contributed by atoms with E-state index in [4.69, 9.17) is 9.84 Å². The van der Waals surface area contributed by atoms with Crippen molar-refractivity contribution < 1.29 is 17.9 Å². The number of nitrogens with one attached hydrogen (secondary N) is 2. The van der Waals surface area contributed by atoms with Crippen molar-refractivity contribution in [1.29, 1.82) is 0 Å². The van der Waals surface area contributed by atoms with Crippen LogP contribution in [0.4, 0.5) is 5.69 Å². The van der Waals surface area contributed by atoms with Gasteiger partial charge in [0.05, 0.1) is 19.0 Å². The summed E-state index contributed by atoms with van der Waals surface area (Å²) in [5.74, 6) is 0.287. The molecule has 0 radical (unpaired) electrons. The number of methoxy groups -OCH3 is 1. The zero-order valence-electron chi connectivity index (χ0n) is 20.7. The number of anilines is 1. The van der Waals surface area contributed by atoms with Gasteiger partial charge in [-0.1, -0.05) is 24.3 Å². The molecule has 1 amide bonds. The number of hydrazone groups is 1. The number of hydrogen-bond acceptors (Lipinski definition) is 7. The number of sulfonamides is 1. The third-order valence-electron chi connectivity index (χ3n) is 5.66. The second kappa shape index (κ2) is 11.3. The van der Waals surface area contributed by atoms with Crippen LogP contribution in [0, 0.1) is 0 Å². The van der Waals surface area contributed by atoms with Gasteiger partial charge in [-0.05, 0) is 72.1 Å². The van der Waals surface area contributed by atoms with Crippen LogP contribution in [0.2, 0.25) is 0 Å². The van der Waals surface area contributed by atoms with Crippen molar-refractivity contribution in [2.45, 2.75) is 4.21 Å². The Hall–Kier alpha value is -4.74. The van der Waals surface area contributed by atoms with Gasteiger partial charge in [-0.15, -0.1) is 11.3 Å². The Morgan fingerprint density at radius 1 is 0.974 bits per heavy atom. The summed E-state index contributed by atoms with van der Waals surface area (Å²) in [4.78, 5) is 12.7. The lowest BCUT2D eigenvalue weighted by atomic mass is 10.1. The molecule has 3 aromatic carbocycles. The van der Waals surface area contributed by atoms with Crippen molar-refractivity contribution in [3.63, 3.8) is 0 Å². The largest absolute Gasteiger partial charge is 0.497 e. The van der Waals surface area contributed by atoms with Gasteiger partial charge in [0.2, 0.25) is 0 Å². The summed E-state index contributed by atoms with van der Waals surface area (Å²) in [6, 6.07) is 26.5. The van der Waals surface area contributed by atoms with Crippen LogP contribution in [0.3, 0.4) is 0 Å². The molecule has 0 saturated carbocycles. The van der Waals surface area contributed by atoms with Gasteiger partial charge in [0.25, 0.3) is 15.9 Å². The molecule has 0 aliphatic rings. The monoisotopic (exact) mass is 557 g/mol. The number of aromatic nitrogens is 2. The van der Waals surface area contributed by atoms with Crippen LogP contribution in [0.25, 0.3) is 16.9 Å². The van der Waals surface area contributed by atoms with E-state index in [0.29, 0.717) is 22.5 Å². The molecular formula is C28H23N5O4S2. The first-order valence-corrected chi connectivity index (χ1v) is 14.1. The summed E-state index contributed by atoms with van der Waals surface area (Å²) >= 11 is 1.12. The first kappa shape index (κ1) is 25.9. The second-order valence-corrected chi connectivity index (χ2v) is 11.1. The molecule has 0 spiro atoms. The van der Waals surface area contributed by atoms with Gasteiger partial charge in [0.15, 0.2) is 0 Å². The molecule has 5 aromatic rings. The van der Waals surface area contributed by atoms with E-state index >= 15 is 0 Å². The number of carbonyl (C=O) groups is 1. The zero-order valence-corrected chi connectivity index (χ0v) is 22.3. The minimum absolute atomic E-state index is 0.211. The highest BCUT2D eigenvalue weighted by molar-refractivity contribution is 7.94. The number of benzene rings is 3. The Morgan fingerprint density at radius 2 is 1.72 bits per heavy atom. The summed E-state index contributed by atoms with van der Waals surface area (Å²) in [7, 11) is -2.06. The highest BCUT2D eigenvalue weighted by atomic mass is 32.2. The van der Waals surface area contributed by atoms with E-state index in [-0.39, 0.29) is 4.21 Å². The van der Waals surface area contributed by atoms with Crippen LogP contribution in [-0.2, 0) is 10.0 Å². The highest BCUT2D eigenvalue weighted by Gasteiger charge is 2.16. The summed E-state index contributed by atoms with van der Waals surface area (Å²) < 4.78 is 34.5. The Labute approximate surface area is 229 Å². The molecule has 0 saturated heterocycles. The SMILES string of the molecule is COc1ccc(-c2nn(-c3ccccc3)cc2C=NNC(=O)c2ccc(NS(=O)(=O)c3cccs3)cc2)cc1. The van der Waals surface area contributed by atoms with Crippen molar-refractivity contribution >= 4 is 39.2 Å². The van der Waals surface area contributed by atoms with E-state index in [1.807, 2.05) is 60.8 Å². The molecular weight excluding hydrogens is 534 g/mol. The average Bonchev–Trinajstić information content (AvgIpc) is 3.65. The van der Waals surface area contributed by atoms with Gasteiger partial charge in [0, 0.05) is 28.6 Å². The predicted molar refractivity (Wildman–Crippen MR) is 152 cm³/mol. The van der Waals surface area contributed by atoms with Gasteiger partial charge < -0.3 is 4.74 Å². The number of ether oxygens (including phenoxy) is 1. The highest BCUT2D eigenvalue weighted by Crippen LogP contribution is 2.25. The van der Waals surface area contributed by atoms with Gasteiger partial charge in [0.1, 0.15) is 15.7 Å². The number of hydrogen-bond donors (Lipinski definition) is 2. The van der Waals surface area contributed by atoms with Crippen LogP contribution >= 0.6 is 11.3 Å². The van der Waals surface area contributed by atoms with Crippen LogP contribution in [-0.4, -0.2) is 37.4 Å². The third kappa shape index (κ3) is 6.06. The van der Waals surface area contributed by atoms with E-state index in [1.54, 1.807) is 23.2 Å². The molecule has 196 valence electrons. The molecule has 39 heavy (non-hydrogen) atoms. The number of para-hydroxylation sites is 1. The summed E-state index contributed by atoms with van der Waals surface area (Å²) in [6.45, 7) is 0. The molecule has 0 fully saturated rings. The van der Waals surface area contributed by atoms with Crippen LogP contribution in [0.15, 0.2) is 112 Å². The maximum Gasteiger partial charge on any atom is 0.271 e. The normalized spacial score (nSPS) is 11.4. The van der Waals surface area contributed by atoms with Crippen molar-refractivity contribution in [1.82, 2.24) is 15.2 Å². The Balaban J connectivity index is 1.32. The molecule has 2 heterocycles. The molecule has 0 unspecified atom stereocenters. The van der Waals surface area contributed by atoms with Crippen molar-refractivity contribution in [3.05, 3.63) is 114 Å². The topological polar surface area (TPSA) is 115 Å². The zero-order chi connectivity index (χ0) is 27.2. The van der Waals surface area contributed by atoms with Gasteiger partial charge in [-0.3, -0.25) is 9.52 Å². The molecule has 0 aliphatic carbocycles. The van der Waals surface area contributed by atoms with Crippen molar-refractivity contribution in [2.24, 2.45) is 5.10 Å². The number of amides is 1. The summed E-state index contributed by atoms with van der Waals surface area (Å²) in [5.41, 5.74) is 6.31. The first-order chi connectivity index (χ1) is 18.9. The average molecular weight is 558 g/mol. The molecule has 11 heteroatoms. The maximum absolute atomic E-state index is 12.7. The smallest absolute Gasteiger partial charge is 0.271 e. The molecule has 0 atom stereocenters. The Kier molecular flexibility index (Phi) is 7.53. The van der Waals surface area contributed by atoms with Gasteiger partial charge in [-0.25, -0.2) is 18.5 Å². The number of carbonyl (C=O) groups excluding carboxylic acids is 1. The fraction of sp³-hybridized carbons (Fsp3) is 0.0357. The van der Waals surface area contributed by atoms with Crippen molar-refractivity contribution in [3.8, 4) is 22.7 Å². The van der Waals surface area contributed by atoms with Gasteiger partial charge in [-0.2, -0.15) is 10.2 Å². The van der Waals surface area contributed by atoms with E-state index < -0.39 is 15.9 Å². The standard InChI is InChI=1S/C28H23N5O4S2/c1-37-25-15-11-20(12-16-25)27-22(19-33(31-27)24-6-3-2-4-7-24)18-29-30-28(34)21-9-13-23(14-10-21)32-39(35,36)26-8-5-17-38-26/h2-19,32H,1H3,(H,30,34). The molecule has 2 aromatic heterocycles.